The summed E-state index contributed by atoms with van der Waals surface area (Å²) in [5.74, 6) is 0.764. The number of hydrogen-bond acceptors (Lipinski definition) is 2. The monoisotopic (exact) mass is 268 g/mol. The summed E-state index contributed by atoms with van der Waals surface area (Å²) in [4.78, 5) is 15.9. The number of nitrogens with one attached hydrogen (secondary N) is 2. The molecule has 1 heterocycles. The van der Waals surface area contributed by atoms with Crippen LogP contribution in [0.2, 0.25) is 0 Å². The van der Waals surface area contributed by atoms with Gasteiger partial charge >= 0.3 is 5.69 Å². The first-order chi connectivity index (χ1) is 7.24. The fraction of sp³-hybridized carbons (Fsp3) is 0.100. The summed E-state index contributed by atoms with van der Waals surface area (Å²) in [6.07, 6.45) is 1.60. The van der Waals surface area contributed by atoms with E-state index in [1.54, 1.807) is 6.20 Å². The molecule has 2 aromatic rings. The molecule has 0 atom stereocenters. The lowest BCUT2D eigenvalue weighted by Gasteiger charge is -2.03. The highest BCUT2D eigenvalue weighted by Gasteiger charge is 1.97. The van der Waals surface area contributed by atoms with Crippen LogP contribution in [0.15, 0.2) is 39.7 Å². The van der Waals surface area contributed by atoms with Crippen molar-refractivity contribution in [1.29, 1.82) is 0 Å². The molecular weight excluding hydrogens is 260 g/mol. The lowest BCUT2D eigenvalue weighted by molar-refractivity contribution is 0.301. The highest BCUT2D eigenvalue weighted by molar-refractivity contribution is 9.10. The minimum absolute atomic E-state index is 0.218. The molecule has 0 fully saturated rings. The smallest absolute Gasteiger partial charge is 0.323 e. The van der Waals surface area contributed by atoms with Crippen molar-refractivity contribution in [3.05, 3.63) is 51.1 Å². The van der Waals surface area contributed by atoms with Crippen LogP contribution in [0.1, 0.15) is 5.69 Å². The third-order valence-corrected chi connectivity index (χ3v) is 2.39. The Hall–Kier alpha value is -1.49. The Labute approximate surface area is 94.4 Å². The second-order valence-corrected chi connectivity index (χ2v) is 3.93. The zero-order valence-electron chi connectivity index (χ0n) is 7.79. The first-order valence-electron chi connectivity index (χ1n) is 4.39. The van der Waals surface area contributed by atoms with Crippen LogP contribution in [0.4, 0.5) is 0 Å². The van der Waals surface area contributed by atoms with Crippen LogP contribution in [0.3, 0.4) is 0 Å². The maximum atomic E-state index is 10.8. The van der Waals surface area contributed by atoms with E-state index in [4.69, 9.17) is 4.74 Å². The second-order valence-electron chi connectivity index (χ2n) is 3.01. The van der Waals surface area contributed by atoms with Crippen molar-refractivity contribution in [2.24, 2.45) is 0 Å². The average Bonchev–Trinajstić information content (AvgIpc) is 2.64. The SMILES string of the molecule is O=c1[nH]cc(COc2ccc(Br)cc2)[nH]1. The molecular formula is C10H9BrN2O2. The van der Waals surface area contributed by atoms with E-state index in [2.05, 4.69) is 25.9 Å². The predicted octanol–water partition coefficient (Wildman–Crippen LogP) is 2.04. The standard InChI is InChI=1S/C10H9BrN2O2/c11-7-1-3-9(4-2-7)15-6-8-5-12-10(14)13-8/h1-5H,6H2,(H2,12,13,14). The molecule has 78 valence electrons. The van der Waals surface area contributed by atoms with Gasteiger partial charge in [-0.3, -0.25) is 0 Å². The fourth-order valence-electron chi connectivity index (χ4n) is 1.14. The molecule has 0 aliphatic heterocycles. The van der Waals surface area contributed by atoms with E-state index in [1.165, 1.54) is 0 Å². The van der Waals surface area contributed by atoms with Gasteiger partial charge < -0.3 is 14.7 Å². The van der Waals surface area contributed by atoms with Crippen LogP contribution in [0.25, 0.3) is 0 Å². The molecule has 0 amide bonds. The zero-order valence-corrected chi connectivity index (χ0v) is 9.37. The number of halogens is 1. The van der Waals surface area contributed by atoms with E-state index < -0.39 is 0 Å². The molecule has 0 aliphatic rings. The van der Waals surface area contributed by atoms with E-state index in [1.807, 2.05) is 24.3 Å². The number of aromatic nitrogens is 2. The van der Waals surface area contributed by atoms with E-state index in [-0.39, 0.29) is 5.69 Å². The molecule has 0 radical (unpaired) electrons. The summed E-state index contributed by atoms with van der Waals surface area (Å²) < 4.78 is 6.45. The summed E-state index contributed by atoms with van der Waals surface area (Å²) in [5, 5.41) is 0. The fourth-order valence-corrected chi connectivity index (χ4v) is 1.40. The number of ether oxygens (including phenoxy) is 1. The van der Waals surface area contributed by atoms with Gasteiger partial charge in [0.05, 0.1) is 5.69 Å². The molecule has 1 aromatic heterocycles. The molecule has 0 unspecified atom stereocenters. The molecule has 5 heteroatoms. The van der Waals surface area contributed by atoms with Crippen LogP contribution in [0, 0.1) is 0 Å². The first-order valence-corrected chi connectivity index (χ1v) is 5.18. The topological polar surface area (TPSA) is 57.9 Å². The largest absolute Gasteiger partial charge is 0.487 e. The summed E-state index contributed by atoms with van der Waals surface area (Å²) in [5.41, 5.74) is 0.507. The van der Waals surface area contributed by atoms with Crippen LogP contribution in [0.5, 0.6) is 5.75 Å². The predicted molar refractivity (Wildman–Crippen MR) is 59.9 cm³/mol. The van der Waals surface area contributed by atoms with Gasteiger partial charge in [-0.05, 0) is 24.3 Å². The third-order valence-electron chi connectivity index (χ3n) is 1.86. The highest BCUT2D eigenvalue weighted by atomic mass is 79.9. The summed E-state index contributed by atoms with van der Waals surface area (Å²) >= 11 is 3.34. The van der Waals surface area contributed by atoms with Gasteiger partial charge in [0.1, 0.15) is 12.4 Å². The highest BCUT2D eigenvalue weighted by Crippen LogP contribution is 2.16. The van der Waals surface area contributed by atoms with Crippen LogP contribution in [-0.2, 0) is 6.61 Å². The minimum Gasteiger partial charge on any atom is -0.487 e. The van der Waals surface area contributed by atoms with Crippen LogP contribution < -0.4 is 10.4 Å². The van der Waals surface area contributed by atoms with Crippen molar-refractivity contribution in [3.63, 3.8) is 0 Å². The Morgan fingerprint density at radius 1 is 1.27 bits per heavy atom. The summed E-state index contributed by atoms with van der Waals surface area (Å²) in [7, 11) is 0. The molecule has 0 spiro atoms. The van der Waals surface area contributed by atoms with Gasteiger partial charge in [0.25, 0.3) is 0 Å². The van der Waals surface area contributed by atoms with Crippen LogP contribution >= 0.6 is 15.9 Å². The van der Waals surface area contributed by atoms with E-state index in [0.29, 0.717) is 6.61 Å². The molecule has 2 N–H and O–H groups in total. The van der Waals surface area contributed by atoms with Crippen molar-refractivity contribution < 1.29 is 4.74 Å². The number of aromatic amines is 2. The lowest BCUT2D eigenvalue weighted by Crippen LogP contribution is -2.02. The molecule has 1 aromatic carbocycles. The van der Waals surface area contributed by atoms with Gasteiger partial charge in [0.15, 0.2) is 0 Å². The third kappa shape index (κ3) is 2.73. The van der Waals surface area contributed by atoms with Crippen molar-refractivity contribution in [1.82, 2.24) is 9.97 Å². The van der Waals surface area contributed by atoms with Crippen molar-refractivity contribution in [2.45, 2.75) is 6.61 Å². The van der Waals surface area contributed by atoms with Gasteiger partial charge in [-0.1, -0.05) is 15.9 Å². The molecule has 2 rings (SSSR count). The normalized spacial score (nSPS) is 10.2. The average molecular weight is 269 g/mol. The van der Waals surface area contributed by atoms with Crippen LogP contribution in [-0.4, -0.2) is 9.97 Å². The van der Waals surface area contributed by atoms with Gasteiger partial charge in [0, 0.05) is 10.7 Å². The maximum absolute atomic E-state index is 10.8. The molecule has 0 bridgehead atoms. The van der Waals surface area contributed by atoms with Crippen molar-refractivity contribution in [3.8, 4) is 5.75 Å². The van der Waals surface area contributed by atoms with Crippen molar-refractivity contribution >= 4 is 15.9 Å². The van der Waals surface area contributed by atoms with Crippen molar-refractivity contribution in [2.75, 3.05) is 0 Å². The summed E-state index contributed by atoms with van der Waals surface area (Å²) in [6.45, 7) is 0.348. The Morgan fingerprint density at radius 3 is 2.60 bits per heavy atom. The Balaban J connectivity index is 1.99. The first kappa shape index (κ1) is 10.0. The molecule has 0 aliphatic carbocycles. The number of imidazole rings is 1. The number of rotatable bonds is 3. The number of H-pyrrole nitrogens is 2. The summed E-state index contributed by atoms with van der Waals surface area (Å²) in [6, 6.07) is 7.51. The molecule has 15 heavy (non-hydrogen) atoms. The number of benzene rings is 1. The Morgan fingerprint density at radius 2 is 2.00 bits per heavy atom. The second kappa shape index (κ2) is 4.35. The maximum Gasteiger partial charge on any atom is 0.323 e. The Bertz CT molecular complexity index is 487. The Kier molecular flexibility index (Phi) is 2.91. The van der Waals surface area contributed by atoms with E-state index >= 15 is 0 Å². The van der Waals surface area contributed by atoms with Gasteiger partial charge in [0.2, 0.25) is 0 Å². The molecule has 0 saturated carbocycles. The number of hydrogen-bond donors (Lipinski definition) is 2. The quantitative estimate of drug-likeness (QED) is 0.895. The van der Waals surface area contributed by atoms with E-state index in [0.717, 1.165) is 15.9 Å². The van der Waals surface area contributed by atoms with Gasteiger partial charge in [-0.2, -0.15) is 0 Å². The van der Waals surface area contributed by atoms with E-state index in [9.17, 15) is 4.79 Å². The zero-order chi connectivity index (χ0) is 10.7. The van der Waals surface area contributed by atoms with Gasteiger partial charge in [-0.25, -0.2) is 4.79 Å². The minimum atomic E-state index is -0.218. The molecule has 0 saturated heterocycles. The molecule has 4 nitrogen and oxygen atoms in total. The van der Waals surface area contributed by atoms with Gasteiger partial charge in [-0.15, -0.1) is 0 Å². The lowest BCUT2D eigenvalue weighted by atomic mass is 10.3.